The van der Waals surface area contributed by atoms with Gasteiger partial charge in [-0.15, -0.1) is 6.12 Å². The van der Waals surface area contributed by atoms with E-state index in [1.807, 2.05) is 6.07 Å². The first kappa shape index (κ1) is 41.1. The molecule has 252 valence electrons. The van der Waals surface area contributed by atoms with Gasteiger partial charge in [0.25, 0.3) is 0 Å². The molecule has 43 heavy (non-hydrogen) atoms. The van der Waals surface area contributed by atoms with E-state index >= 15 is 0 Å². The van der Waals surface area contributed by atoms with Crippen LogP contribution in [0.5, 0.6) is 5.75 Å². The predicted octanol–water partition coefficient (Wildman–Crippen LogP) is 13.2. The fraction of sp³-hybridized carbons (Fsp3) is 0.842. The Morgan fingerprint density at radius 3 is 1.09 bits per heavy atom. The second kappa shape index (κ2) is 29.5. The van der Waals surface area contributed by atoms with Crippen LogP contribution in [0.2, 0.25) is 0 Å². The van der Waals surface area contributed by atoms with Crippen LogP contribution in [-0.2, 0) is 37.3 Å². The van der Waals surface area contributed by atoms with Crippen LogP contribution in [0.15, 0.2) is 18.2 Å². The molecule has 0 saturated heterocycles. The normalized spacial score (nSPS) is 11.8. The quantitative estimate of drug-likeness (QED) is 0.0440. The fourth-order valence-corrected chi connectivity index (χ4v) is 7.17. The Hall–Kier alpha value is 0.110. The summed E-state index contributed by atoms with van der Waals surface area (Å²) in [5.74, 6) is 0.582. The van der Waals surface area contributed by atoms with Crippen LogP contribution in [0.3, 0.4) is 0 Å². The van der Waals surface area contributed by atoms with Gasteiger partial charge in [-0.05, 0) is 48.9 Å². The number of unbranched alkanes of at least 4 members (excludes halogenated alkanes) is 26. The van der Waals surface area contributed by atoms with Gasteiger partial charge in [0.05, 0.1) is 0 Å². The number of rotatable bonds is 32. The molecule has 5 heteroatoms. The van der Waals surface area contributed by atoms with E-state index in [1.54, 1.807) is 0 Å². The highest BCUT2D eigenvalue weighted by Gasteiger charge is 2.08. The smallest absolute Gasteiger partial charge is 0.168 e. The summed E-state index contributed by atoms with van der Waals surface area (Å²) in [5, 5.41) is 0. The van der Waals surface area contributed by atoms with Gasteiger partial charge >= 0.3 is 0 Å². The van der Waals surface area contributed by atoms with Crippen molar-refractivity contribution in [3.63, 3.8) is 0 Å². The van der Waals surface area contributed by atoms with Crippen LogP contribution >= 0.6 is 6.12 Å². The summed E-state index contributed by atoms with van der Waals surface area (Å²) in [7, 11) is 0. The van der Waals surface area contributed by atoms with Crippen LogP contribution in [0.1, 0.15) is 205 Å². The Labute approximate surface area is 280 Å². The fourth-order valence-electron chi connectivity index (χ4n) is 6.28. The molecule has 0 amide bonds. The second-order valence-corrected chi connectivity index (χ2v) is 17.8. The average molecular weight is 653 g/mol. The van der Waals surface area contributed by atoms with Gasteiger partial charge in [0.1, 0.15) is 0 Å². The molecule has 0 unspecified atom stereocenters. The van der Waals surface area contributed by atoms with Gasteiger partial charge in [0.2, 0.25) is 0 Å². The molecular weight excluding hydrogens is 584 g/mol. The molecule has 2 nitrogen and oxygen atoms in total. The maximum Gasteiger partial charge on any atom is 0.168 e. The molecule has 0 saturated carbocycles. The molecule has 0 aromatic heterocycles. The van der Waals surface area contributed by atoms with Gasteiger partial charge in [-0.25, -0.2) is 0 Å². The number of aryl methyl sites for hydroxylation is 2. The molecule has 1 rings (SSSR count). The molecule has 0 radical (unpaired) electrons. The lowest BCUT2D eigenvalue weighted by Gasteiger charge is -2.42. The van der Waals surface area contributed by atoms with Crippen molar-refractivity contribution in [2.75, 3.05) is 0 Å². The van der Waals surface area contributed by atoms with E-state index in [0.29, 0.717) is 5.75 Å². The van der Waals surface area contributed by atoms with Gasteiger partial charge in [0, 0.05) is 0 Å². The van der Waals surface area contributed by atoms with Crippen molar-refractivity contribution in [2.24, 2.45) is 0 Å². The highest BCUT2D eigenvalue weighted by atomic mass is 33.1. The Kier molecular flexibility index (Phi) is 28.2. The van der Waals surface area contributed by atoms with Crippen molar-refractivity contribution in [1.29, 1.82) is 0 Å². The molecule has 0 bridgehead atoms. The van der Waals surface area contributed by atoms with Crippen molar-refractivity contribution in [3.8, 4) is 5.75 Å². The van der Waals surface area contributed by atoms with E-state index in [0.717, 1.165) is 12.8 Å². The minimum Gasteiger partial charge on any atom is -0.682 e. The van der Waals surface area contributed by atoms with E-state index in [2.05, 4.69) is 26.0 Å². The standard InChI is InChI=1S/C38H71O2PS2/c1-3-5-7-9-11-13-15-17-19-21-23-25-27-29-31-36-33-34-38(40-41(39,42)43)35-37(36)32-30-28-26-24-22-20-18-16-14-12-10-8-6-4-2/h33-35H,3-32H2,1-2H3,(H2,39,42,43)/p-2. The number of hydrogen-bond donors (Lipinski definition) is 0. The molecule has 0 fully saturated rings. The third kappa shape index (κ3) is 27.0. The molecule has 0 N–H and O–H groups in total. The van der Waals surface area contributed by atoms with Crippen LogP contribution in [-0.4, -0.2) is 0 Å². The van der Waals surface area contributed by atoms with Crippen LogP contribution < -0.4 is 9.42 Å². The molecule has 0 aliphatic rings. The summed E-state index contributed by atoms with van der Waals surface area (Å²) < 4.78 is 5.43. The lowest BCUT2D eigenvalue weighted by atomic mass is 9.96. The average Bonchev–Trinajstić information content (AvgIpc) is 2.97. The molecule has 0 atom stereocenters. The van der Waals surface area contributed by atoms with E-state index in [9.17, 15) is 4.89 Å². The molecule has 0 heterocycles. The summed E-state index contributed by atoms with van der Waals surface area (Å²) in [4.78, 5) is 11.9. The largest absolute Gasteiger partial charge is 0.682 e. The summed E-state index contributed by atoms with van der Waals surface area (Å²) in [6.45, 7) is 4.58. The number of hydrogen-bond acceptors (Lipinski definition) is 4. The van der Waals surface area contributed by atoms with Crippen molar-refractivity contribution >= 4 is 30.6 Å². The maximum atomic E-state index is 11.9. The Balaban J connectivity index is 2.21. The zero-order valence-corrected chi connectivity index (χ0v) is 31.1. The van der Waals surface area contributed by atoms with Gasteiger partial charge in [-0.1, -0.05) is 187 Å². The Bertz CT molecular complexity index is 737. The predicted molar refractivity (Wildman–Crippen MR) is 197 cm³/mol. The summed E-state index contributed by atoms with van der Waals surface area (Å²) in [6, 6.07) is 6.14. The SMILES string of the molecule is CCCCCCCCCCCCCCCCc1ccc(O[P+]([O-])([S-])[S-])cc1CCCCCCCCCCCCCCCC. The Morgan fingerprint density at radius 2 is 0.767 bits per heavy atom. The molecular formula is C38H69O2PS2-2. The highest BCUT2D eigenvalue weighted by molar-refractivity contribution is 8.69. The monoisotopic (exact) mass is 652 g/mol. The minimum absolute atomic E-state index is 0.582. The lowest BCUT2D eigenvalue weighted by Crippen LogP contribution is -2.09. The maximum absolute atomic E-state index is 11.9. The first-order valence-electron chi connectivity index (χ1n) is 18.8. The zero-order valence-electron chi connectivity index (χ0n) is 28.5. The molecule has 0 spiro atoms. The van der Waals surface area contributed by atoms with E-state index in [1.165, 1.54) is 191 Å². The van der Waals surface area contributed by atoms with Crippen molar-refractivity contribution in [2.45, 2.75) is 206 Å². The van der Waals surface area contributed by atoms with E-state index < -0.39 is 6.12 Å². The van der Waals surface area contributed by atoms with Crippen LogP contribution in [0, 0.1) is 0 Å². The van der Waals surface area contributed by atoms with E-state index in [-0.39, 0.29) is 0 Å². The van der Waals surface area contributed by atoms with Gasteiger partial charge in [-0.3, -0.25) is 0 Å². The third-order valence-electron chi connectivity index (χ3n) is 8.99. The first-order chi connectivity index (χ1) is 21.0. The van der Waals surface area contributed by atoms with Crippen LogP contribution in [0.25, 0.3) is 0 Å². The topological polar surface area (TPSA) is 32.3 Å². The van der Waals surface area contributed by atoms with E-state index in [4.69, 9.17) is 29.0 Å². The van der Waals surface area contributed by atoms with Gasteiger partial charge in [0.15, 0.2) is 5.75 Å². The first-order valence-corrected chi connectivity index (χ1v) is 22.4. The lowest BCUT2D eigenvalue weighted by molar-refractivity contribution is -0.169. The summed E-state index contributed by atoms with van der Waals surface area (Å²) in [6.07, 6.45) is 37.5. The molecule has 1 aromatic rings. The van der Waals surface area contributed by atoms with Gasteiger partial charge in [-0.2, -0.15) is 0 Å². The Morgan fingerprint density at radius 1 is 0.465 bits per heavy atom. The second-order valence-electron chi connectivity index (χ2n) is 13.2. The van der Waals surface area contributed by atoms with Crippen molar-refractivity contribution in [3.05, 3.63) is 29.3 Å². The van der Waals surface area contributed by atoms with Gasteiger partial charge < -0.3 is 33.9 Å². The van der Waals surface area contributed by atoms with Crippen LogP contribution in [0.4, 0.5) is 0 Å². The molecule has 0 aliphatic carbocycles. The molecule has 1 aromatic carbocycles. The third-order valence-corrected chi connectivity index (χ3v) is 9.88. The molecule has 0 aliphatic heterocycles. The zero-order chi connectivity index (χ0) is 31.3. The number of benzene rings is 1. The van der Waals surface area contributed by atoms with Crippen molar-refractivity contribution in [1.82, 2.24) is 0 Å². The summed E-state index contributed by atoms with van der Waals surface area (Å²) >= 11 is 9.72. The summed E-state index contributed by atoms with van der Waals surface area (Å²) in [5.41, 5.74) is 2.76. The van der Waals surface area contributed by atoms with Crippen molar-refractivity contribution < 1.29 is 9.42 Å². The minimum atomic E-state index is -3.37. The highest BCUT2D eigenvalue weighted by Crippen LogP contribution is 2.46.